The predicted octanol–water partition coefficient (Wildman–Crippen LogP) is 11.0. The fourth-order valence-corrected chi connectivity index (χ4v) is 13.6. The number of ether oxygens (including phenoxy) is 2. The van der Waals surface area contributed by atoms with Gasteiger partial charge in [-0.05, 0) is 123 Å². The summed E-state index contributed by atoms with van der Waals surface area (Å²) >= 11 is 0. The first-order valence-electron chi connectivity index (χ1n) is 21.2. The summed E-state index contributed by atoms with van der Waals surface area (Å²) < 4.78 is 14.9. The van der Waals surface area contributed by atoms with E-state index in [2.05, 4.69) is 120 Å². The monoisotopic (exact) mass is 689 g/mol. The van der Waals surface area contributed by atoms with Gasteiger partial charge in [-0.15, -0.1) is 0 Å². The molecule has 3 heteroatoms. The molecule has 11 rings (SSSR count). The molecule has 3 nitrogen and oxygen atoms in total. The second kappa shape index (κ2) is 12.8. The van der Waals surface area contributed by atoms with Crippen molar-refractivity contribution in [1.29, 1.82) is 0 Å². The van der Waals surface area contributed by atoms with Crippen LogP contribution in [0.25, 0.3) is 0 Å². The van der Waals surface area contributed by atoms with Crippen LogP contribution in [-0.4, -0.2) is 30.4 Å². The fraction of sp³-hybridized carbons (Fsp3) is 0.510. The zero-order valence-electron chi connectivity index (χ0n) is 30.6. The Bertz CT molecular complexity index is 1870. The lowest BCUT2D eigenvalue weighted by atomic mass is 9.42. The van der Waals surface area contributed by atoms with Crippen molar-refractivity contribution in [2.24, 2.45) is 40.9 Å². The first kappa shape index (κ1) is 31.9. The lowest BCUT2D eigenvalue weighted by Gasteiger charge is -2.68. The van der Waals surface area contributed by atoms with Crippen LogP contribution in [0, 0.1) is 40.9 Å². The van der Waals surface area contributed by atoms with Crippen LogP contribution >= 0.6 is 0 Å². The zero-order chi connectivity index (χ0) is 34.2. The van der Waals surface area contributed by atoms with Gasteiger partial charge in [0.25, 0.3) is 0 Å². The van der Waals surface area contributed by atoms with Gasteiger partial charge in [0, 0.05) is 34.9 Å². The molecule has 3 fully saturated rings. The van der Waals surface area contributed by atoms with Crippen LogP contribution in [0.15, 0.2) is 132 Å². The second-order valence-electron chi connectivity index (χ2n) is 17.6. The van der Waals surface area contributed by atoms with E-state index in [-0.39, 0.29) is 17.6 Å². The summed E-state index contributed by atoms with van der Waals surface area (Å²) in [6.45, 7) is 0. The van der Waals surface area contributed by atoms with Crippen molar-refractivity contribution in [1.82, 2.24) is 0 Å². The van der Waals surface area contributed by atoms with Crippen molar-refractivity contribution in [3.05, 3.63) is 138 Å². The number of hydrogen-bond acceptors (Lipinski definition) is 3. The molecular weight excluding hydrogens is 635 g/mol. The van der Waals surface area contributed by atoms with E-state index in [9.17, 15) is 0 Å². The summed E-state index contributed by atoms with van der Waals surface area (Å²) in [5.41, 5.74) is 5.82. The summed E-state index contributed by atoms with van der Waals surface area (Å²) in [6.07, 6.45) is 52.3. The molecule has 0 radical (unpaired) electrons. The molecule has 1 aromatic carbocycles. The molecule has 0 N–H and O–H groups in total. The minimum absolute atomic E-state index is 0.0352. The first-order valence-corrected chi connectivity index (χ1v) is 21.2. The molecule has 7 aliphatic carbocycles. The van der Waals surface area contributed by atoms with Crippen LogP contribution in [-0.2, 0) is 9.47 Å². The number of allylic oxidation sites excluding steroid dienone is 11. The molecular formula is C49H55NO2. The molecule has 13 atom stereocenters. The van der Waals surface area contributed by atoms with Crippen molar-refractivity contribution in [3.8, 4) is 0 Å². The van der Waals surface area contributed by atoms with E-state index in [4.69, 9.17) is 9.47 Å². The number of fused-ring (bicyclic) bond motifs is 11. The van der Waals surface area contributed by atoms with E-state index in [1.807, 2.05) is 0 Å². The largest absolute Gasteiger partial charge is 0.489 e. The van der Waals surface area contributed by atoms with Crippen molar-refractivity contribution in [2.75, 3.05) is 4.90 Å². The molecule has 2 saturated heterocycles. The van der Waals surface area contributed by atoms with Crippen LogP contribution in [0.5, 0.6) is 0 Å². The predicted molar refractivity (Wildman–Crippen MR) is 211 cm³/mol. The molecule has 0 aromatic heterocycles. The zero-order valence-corrected chi connectivity index (χ0v) is 30.6. The second-order valence-corrected chi connectivity index (χ2v) is 17.6. The van der Waals surface area contributed by atoms with Crippen molar-refractivity contribution >= 4 is 5.69 Å². The van der Waals surface area contributed by atoms with Crippen LogP contribution in [0.4, 0.5) is 5.69 Å². The number of hydrogen-bond donors (Lipinski definition) is 0. The van der Waals surface area contributed by atoms with Gasteiger partial charge in [-0.25, -0.2) is 0 Å². The van der Waals surface area contributed by atoms with E-state index in [0.717, 1.165) is 12.8 Å². The van der Waals surface area contributed by atoms with Gasteiger partial charge in [0.05, 0.1) is 24.0 Å². The Balaban J connectivity index is 1.02. The van der Waals surface area contributed by atoms with Gasteiger partial charge in [0.1, 0.15) is 6.10 Å². The highest BCUT2D eigenvalue weighted by Gasteiger charge is 2.68. The summed E-state index contributed by atoms with van der Waals surface area (Å²) in [6, 6.07) is 9.99. The van der Waals surface area contributed by atoms with E-state index in [1.165, 1.54) is 92.4 Å². The minimum atomic E-state index is 0.0352. The molecule has 0 bridgehead atoms. The maximum absolute atomic E-state index is 7.47. The van der Waals surface area contributed by atoms with Crippen LogP contribution < -0.4 is 4.90 Å². The summed E-state index contributed by atoms with van der Waals surface area (Å²) in [7, 11) is 0. The number of para-hydroxylation sites is 1. The normalized spacial score (nSPS) is 43.6. The van der Waals surface area contributed by atoms with Crippen LogP contribution in [0.2, 0.25) is 0 Å². The third kappa shape index (κ3) is 4.73. The molecule has 268 valence electrons. The third-order valence-electron chi connectivity index (χ3n) is 15.5. The topological polar surface area (TPSA) is 21.7 Å². The van der Waals surface area contributed by atoms with Gasteiger partial charge in [-0.2, -0.15) is 0 Å². The Morgan fingerprint density at radius 1 is 0.769 bits per heavy atom. The van der Waals surface area contributed by atoms with Crippen LogP contribution in [0.1, 0.15) is 88.5 Å². The highest BCUT2D eigenvalue weighted by molar-refractivity contribution is 5.68. The lowest BCUT2D eigenvalue weighted by molar-refractivity contribution is -0.263. The smallest absolute Gasteiger partial charge is 0.131 e. The summed E-state index contributed by atoms with van der Waals surface area (Å²) in [4.78, 5) is 2.76. The van der Waals surface area contributed by atoms with Gasteiger partial charge in [0.2, 0.25) is 0 Å². The number of benzene rings is 1. The number of anilines is 1. The minimum Gasteiger partial charge on any atom is -0.489 e. The molecule has 1 saturated carbocycles. The highest BCUT2D eigenvalue weighted by atomic mass is 16.5. The molecule has 10 aliphatic rings. The molecule has 52 heavy (non-hydrogen) atoms. The Morgan fingerprint density at radius 3 is 2.63 bits per heavy atom. The van der Waals surface area contributed by atoms with Crippen molar-refractivity contribution in [3.63, 3.8) is 0 Å². The quantitative estimate of drug-likeness (QED) is 0.295. The summed E-state index contributed by atoms with van der Waals surface area (Å²) in [5, 5.41) is 0. The van der Waals surface area contributed by atoms with Gasteiger partial charge >= 0.3 is 0 Å². The van der Waals surface area contributed by atoms with Gasteiger partial charge in [0.15, 0.2) is 0 Å². The van der Waals surface area contributed by atoms with E-state index < -0.39 is 0 Å². The Morgan fingerprint density at radius 2 is 1.71 bits per heavy atom. The van der Waals surface area contributed by atoms with Crippen molar-refractivity contribution < 1.29 is 9.47 Å². The summed E-state index contributed by atoms with van der Waals surface area (Å²) in [5.74, 6) is 4.76. The standard InChI is InChI=1S/C49H55NO2/c1-3-15-32(16-4-1)35-20-13-24-41-47(35)51-45-27-11-8-22-39(45)49(41)40-23-9-12-28-46(40)52-48-36(21-14-25-42(48)49)33-29-30-38-37-19-7-10-26-43(37)50(44(38)31-33)34-17-5-2-6-18-34/h1,3-5,7,10-11,14-15,17,19,21,25-32,34-35,38-42,44-45,47-48H,2,6,8-9,12-13,16,18,20,22-24H2/t32?,34?,35?,38?,39?,40?,41?,42?,44?,45?,47?,48-,49?/m1/s1. The van der Waals surface area contributed by atoms with Gasteiger partial charge < -0.3 is 14.4 Å². The van der Waals surface area contributed by atoms with Crippen LogP contribution in [0.3, 0.4) is 0 Å². The highest BCUT2D eigenvalue weighted by Crippen LogP contribution is 2.69. The lowest BCUT2D eigenvalue weighted by Crippen LogP contribution is -2.68. The SMILES string of the molecule is C1=CCC(C2CCCC3C2OC2C=CCCC2C32C3CCCC=C3O[C@@H]3C(C4=CC5C(C=C4)c4ccccc4N5C4C=CCCC4)=CC=CC32)C=C1. The molecule has 1 aromatic rings. The van der Waals surface area contributed by atoms with Gasteiger partial charge in [-0.1, -0.05) is 110 Å². The fourth-order valence-electron chi connectivity index (χ4n) is 13.6. The maximum Gasteiger partial charge on any atom is 0.131 e. The van der Waals surface area contributed by atoms with Crippen molar-refractivity contribution in [2.45, 2.75) is 113 Å². The Hall–Kier alpha value is -3.56. The molecule has 0 amide bonds. The molecule has 3 heterocycles. The average molecular weight is 690 g/mol. The number of rotatable bonds is 3. The molecule has 12 unspecified atom stereocenters. The Kier molecular flexibility index (Phi) is 7.85. The molecule has 3 aliphatic heterocycles. The first-order chi connectivity index (χ1) is 25.8. The Labute approximate surface area is 311 Å². The van der Waals surface area contributed by atoms with E-state index >= 15 is 0 Å². The average Bonchev–Trinajstić information content (AvgIpc) is 3.55. The number of nitrogens with zero attached hydrogens (tertiary/aromatic N) is 1. The van der Waals surface area contributed by atoms with Gasteiger partial charge in [-0.3, -0.25) is 0 Å². The maximum atomic E-state index is 7.47. The third-order valence-corrected chi connectivity index (χ3v) is 15.5. The van der Waals surface area contributed by atoms with E-state index in [1.54, 1.807) is 0 Å². The molecule has 1 spiro atoms. The van der Waals surface area contributed by atoms with E-state index in [0.29, 0.717) is 59.6 Å².